The highest BCUT2D eigenvalue weighted by atomic mass is 32.2. The van der Waals surface area contributed by atoms with Crippen LogP contribution in [0.1, 0.15) is 38.4 Å². The summed E-state index contributed by atoms with van der Waals surface area (Å²) in [6.07, 6.45) is 5.29. The third kappa shape index (κ3) is 4.49. The van der Waals surface area contributed by atoms with Gasteiger partial charge >= 0.3 is 0 Å². The molecule has 2 aromatic heterocycles. The fourth-order valence-electron chi connectivity index (χ4n) is 4.08. The van der Waals surface area contributed by atoms with Crippen LogP contribution in [0.2, 0.25) is 0 Å². The van der Waals surface area contributed by atoms with E-state index in [1.54, 1.807) is 24.2 Å². The highest BCUT2D eigenvalue weighted by Crippen LogP contribution is 2.39. The lowest BCUT2D eigenvalue weighted by Crippen LogP contribution is -2.27. The summed E-state index contributed by atoms with van der Waals surface area (Å²) in [7, 11) is 0. The largest absolute Gasteiger partial charge is 0.467 e. The van der Waals surface area contributed by atoms with Gasteiger partial charge in [0.25, 0.3) is 5.91 Å². The van der Waals surface area contributed by atoms with Crippen LogP contribution in [0.3, 0.4) is 0 Å². The predicted molar refractivity (Wildman–Crippen MR) is 130 cm³/mol. The molecule has 172 valence electrons. The number of hydrogen-bond acceptors (Lipinski definition) is 5. The summed E-state index contributed by atoms with van der Waals surface area (Å²) >= 11 is 1.58. The lowest BCUT2D eigenvalue weighted by Gasteiger charge is -2.23. The van der Waals surface area contributed by atoms with Crippen LogP contribution in [0.15, 0.2) is 83.7 Å². The molecule has 4 aromatic rings. The van der Waals surface area contributed by atoms with E-state index >= 15 is 0 Å². The lowest BCUT2D eigenvalue weighted by molar-refractivity contribution is -0.128. The first kappa shape index (κ1) is 22.0. The Kier molecular flexibility index (Phi) is 6.22. The number of thioether (sulfide) groups is 1. The number of carbonyl (C=O) groups is 2. The quantitative estimate of drug-likeness (QED) is 0.429. The monoisotopic (exact) mass is 472 g/mol. The summed E-state index contributed by atoms with van der Waals surface area (Å²) in [6.45, 7) is 2.78. The summed E-state index contributed by atoms with van der Waals surface area (Å²) in [5.74, 6) is 2.01. The van der Waals surface area contributed by atoms with Gasteiger partial charge in [-0.25, -0.2) is 4.98 Å². The Bertz CT molecular complexity index is 1300. The van der Waals surface area contributed by atoms with E-state index in [-0.39, 0.29) is 17.2 Å². The zero-order valence-electron chi connectivity index (χ0n) is 18.7. The lowest BCUT2D eigenvalue weighted by atomic mass is 10.1. The van der Waals surface area contributed by atoms with Crippen LogP contribution in [0.4, 0.5) is 0 Å². The first-order valence-corrected chi connectivity index (χ1v) is 12.0. The van der Waals surface area contributed by atoms with Gasteiger partial charge in [-0.2, -0.15) is 0 Å². The minimum absolute atomic E-state index is 0.0833. The van der Waals surface area contributed by atoms with E-state index in [2.05, 4.69) is 10.3 Å². The number of hydrogen-bond donors (Lipinski definition) is 1. The third-order valence-electron chi connectivity index (χ3n) is 5.85. The molecule has 5 rings (SSSR count). The second-order valence-electron chi connectivity index (χ2n) is 8.04. The average Bonchev–Trinajstić information content (AvgIpc) is 3.61. The summed E-state index contributed by atoms with van der Waals surface area (Å²) in [4.78, 5) is 31.3. The summed E-state index contributed by atoms with van der Waals surface area (Å²) in [5.41, 5.74) is 3.56. The molecule has 7 nitrogen and oxygen atoms in total. The topological polar surface area (TPSA) is 80.4 Å². The van der Waals surface area contributed by atoms with Crippen LogP contribution in [0, 0.1) is 6.92 Å². The highest BCUT2D eigenvalue weighted by molar-refractivity contribution is 8.00. The fourth-order valence-corrected chi connectivity index (χ4v) is 5.26. The number of amides is 2. The van der Waals surface area contributed by atoms with E-state index in [4.69, 9.17) is 4.42 Å². The van der Waals surface area contributed by atoms with Crippen LogP contribution in [-0.4, -0.2) is 32.0 Å². The van der Waals surface area contributed by atoms with E-state index in [0.717, 1.165) is 28.4 Å². The molecule has 1 saturated heterocycles. The standard InChI is InChI=1S/C26H24N4O3S/c1-18-27-12-13-29(18)23-7-3-2-5-21(23)15-28-25(32)19-8-10-20(11-9-19)26-30(24(31)17-34-26)16-22-6-4-14-33-22/h2-14,26H,15-17H2,1H3,(H,28,32). The fraction of sp³-hybridized carbons (Fsp3) is 0.192. The van der Waals surface area contributed by atoms with Crippen molar-refractivity contribution in [3.63, 3.8) is 0 Å². The Morgan fingerprint density at radius 3 is 2.71 bits per heavy atom. The second-order valence-corrected chi connectivity index (χ2v) is 9.11. The molecule has 2 aromatic carbocycles. The molecule has 1 fully saturated rings. The zero-order valence-corrected chi connectivity index (χ0v) is 19.5. The number of rotatable bonds is 7. The molecule has 0 spiro atoms. The summed E-state index contributed by atoms with van der Waals surface area (Å²) in [5, 5.41) is 2.92. The van der Waals surface area contributed by atoms with Crippen molar-refractivity contribution in [1.29, 1.82) is 0 Å². The molecule has 3 heterocycles. The zero-order chi connectivity index (χ0) is 23.5. The highest BCUT2D eigenvalue weighted by Gasteiger charge is 2.33. The number of imidazole rings is 1. The van der Waals surface area contributed by atoms with Crippen molar-refractivity contribution in [1.82, 2.24) is 19.8 Å². The van der Waals surface area contributed by atoms with Gasteiger partial charge in [0.1, 0.15) is 17.0 Å². The number of aryl methyl sites for hydroxylation is 1. The minimum Gasteiger partial charge on any atom is -0.467 e. The number of benzene rings is 2. The number of carbonyl (C=O) groups excluding carboxylic acids is 2. The molecular weight excluding hydrogens is 448 g/mol. The first-order chi connectivity index (χ1) is 16.6. The van der Waals surface area contributed by atoms with Gasteiger partial charge in [0, 0.05) is 24.5 Å². The van der Waals surface area contributed by atoms with Gasteiger partial charge in [0.15, 0.2) is 0 Å². The molecule has 34 heavy (non-hydrogen) atoms. The van der Waals surface area contributed by atoms with Gasteiger partial charge in [-0.3, -0.25) is 9.59 Å². The van der Waals surface area contributed by atoms with Gasteiger partial charge in [-0.15, -0.1) is 11.8 Å². The summed E-state index contributed by atoms with van der Waals surface area (Å²) in [6, 6.07) is 19.1. The van der Waals surface area contributed by atoms with Gasteiger partial charge in [0.05, 0.1) is 24.2 Å². The predicted octanol–water partition coefficient (Wildman–Crippen LogP) is 4.48. The molecule has 1 unspecified atom stereocenters. The maximum Gasteiger partial charge on any atom is 0.251 e. The summed E-state index contributed by atoms with van der Waals surface area (Å²) < 4.78 is 7.42. The molecule has 1 aliphatic heterocycles. The maximum atomic E-state index is 12.8. The van der Waals surface area contributed by atoms with Crippen molar-refractivity contribution in [2.75, 3.05) is 5.75 Å². The Morgan fingerprint density at radius 1 is 1.15 bits per heavy atom. The van der Waals surface area contributed by atoms with Crippen molar-refractivity contribution >= 4 is 23.6 Å². The number of aromatic nitrogens is 2. The molecule has 0 bridgehead atoms. The van der Waals surface area contributed by atoms with Gasteiger partial charge in [-0.05, 0) is 48.4 Å². The number of para-hydroxylation sites is 1. The molecule has 1 aliphatic rings. The molecule has 8 heteroatoms. The first-order valence-electron chi connectivity index (χ1n) is 11.0. The number of furan rings is 1. The number of nitrogens with one attached hydrogen (secondary N) is 1. The van der Waals surface area contributed by atoms with E-state index in [1.807, 2.05) is 83.3 Å². The van der Waals surface area contributed by atoms with Crippen LogP contribution in [0.5, 0.6) is 0 Å². The van der Waals surface area contributed by atoms with E-state index in [9.17, 15) is 9.59 Å². The van der Waals surface area contributed by atoms with E-state index < -0.39 is 0 Å². The smallest absolute Gasteiger partial charge is 0.251 e. The molecule has 0 aliphatic carbocycles. The van der Waals surface area contributed by atoms with Crippen LogP contribution < -0.4 is 5.32 Å². The van der Waals surface area contributed by atoms with E-state index in [1.165, 1.54) is 0 Å². The van der Waals surface area contributed by atoms with Crippen molar-refractivity contribution in [2.45, 2.75) is 25.4 Å². The Hall–Kier alpha value is -3.78. The van der Waals surface area contributed by atoms with Crippen LogP contribution >= 0.6 is 11.8 Å². The Labute approximate surface area is 201 Å². The van der Waals surface area contributed by atoms with Crippen molar-refractivity contribution in [2.24, 2.45) is 0 Å². The maximum absolute atomic E-state index is 12.8. The molecule has 1 N–H and O–H groups in total. The Morgan fingerprint density at radius 2 is 1.97 bits per heavy atom. The normalized spacial score (nSPS) is 15.6. The third-order valence-corrected chi connectivity index (χ3v) is 7.10. The van der Waals surface area contributed by atoms with Crippen molar-refractivity contribution in [3.8, 4) is 5.69 Å². The van der Waals surface area contributed by atoms with Crippen LogP contribution in [0.25, 0.3) is 5.69 Å². The second kappa shape index (κ2) is 9.61. The molecular formula is C26H24N4O3S. The average molecular weight is 473 g/mol. The van der Waals surface area contributed by atoms with Gasteiger partial charge < -0.3 is 19.2 Å². The Balaban J connectivity index is 1.26. The van der Waals surface area contributed by atoms with Crippen LogP contribution in [-0.2, 0) is 17.9 Å². The van der Waals surface area contributed by atoms with Gasteiger partial charge in [0.2, 0.25) is 5.91 Å². The van der Waals surface area contributed by atoms with E-state index in [0.29, 0.717) is 24.4 Å². The molecule has 0 saturated carbocycles. The molecule has 1 atom stereocenters. The number of nitrogens with zero attached hydrogens (tertiary/aromatic N) is 3. The van der Waals surface area contributed by atoms with Gasteiger partial charge in [-0.1, -0.05) is 30.3 Å². The minimum atomic E-state index is -0.147. The van der Waals surface area contributed by atoms with Crippen molar-refractivity contribution < 1.29 is 14.0 Å². The molecule has 2 amide bonds. The SMILES string of the molecule is Cc1nccn1-c1ccccc1CNC(=O)c1ccc(C2SCC(=O)N2Cc2ccco2)cc1. The molecule has 0 radical (unpaired) electrons. The van der Waals surface area contributed by atoms with Crippen molar-refractivity contribution in [3.05, 3.63) is 108 Å².